The number of aryl methyl sites for hydroxylation is 2. The van der Waals surface area contributed by atoms with Crippen LogP contribution in [-0.2, 0) is 0 Å². The van der Waals surface area contributed by atoms with Gasteiger partial charge in [0.05, 0.1) is 11.9 Å². The largest absolute Gasteiger partial charge is 0.261 e. The van der Waals surface area contributed by atoms with E-state index in [1.807, 2.05) is 23.0 Å². The van der Waals surface area contributed by atoms with Crippen LogP contribution in [0.3, 0.4) is 0 Å². The summed E-state index contributed by atoms with van der Waals surface area (Å²) in [5, 5.41) is 6.81. The molecule has 3 nitrogen and oxygen atoms in total. The summed E-state index contributed by atoms with van der Waals surface area (Å²) in [6, 6.07) is 14.7. The highest BCUT2D eigenvalue weighted by Gasteiger charge is 2.08. The molecule has 0 N–H and O–H groups in total. The highest BCUT2D eigenvalue weighted by molar-refractivity contribution is 14.1. The molecule has 0 spiro atoms. The number of thiazole rings is 1. The zero-order valence-corrected chi connectivity index (χ0v) is 16.8. The number of hydrogen-bond acceptors (Lipinski definition) is 3. The minimum atomic E-state index is 0.880. The van der Waals surface area contributed by atoms with E-state index in [1.54, 1.807) is 18.4 Å². The van der Waals surface area contributed by atoms with Crippen molar-refractivity contribution in [2.45, 2.75) is 13.8 Å². The summed E-state index contributed by atoms with van der Waals surface area (Å²) in [5.41, 5.74) is 5.89. The van der Waals surface area contributed by atoms with Gasteiger partial charge >= 0.3 is 0 Å². The van der Waals surface area contributed by atoms with Gasteiger partial charge in [0.25, 0.3) is 0 Å². The maximum atomic E-state index is 4.70. The molecule has 24 heavy (non-hydrogen) atoms. The van der Waals surface area contributed by atoms with Crippen molar-refractivity contribution in [3.63, 3.8) is 0 Å². The summed E-state index contributed by atoms with van der Waals surface area (Å²) in [6.07, 6.45) is 1.90. The van der Waals surface area contributed by atoms with Crippen molar-refractivity contribution >= 4 is 40.1 Å². The number of rotatable bonds is 3. The maximum absolute atomic E-state index is 4.70. The number of hydrogen-bond donors (Lipinski definition) is 0. The predicted molar refractivity (Wildman–Crippen MR) is 111 cm³/mol. The highest BCUT2D eigenvalue weighted by atomic mass is 127. The van der Waals surface area contributed by atoms with Crippen molar-refractivity contribution < 1.29 is 0 Å². The van der Waals surface area contributed by atoms with Gasteiger partial charge < -0.3 is 0 Å². The second-order valence-corrected chi connectivity index (χ2v) is 7.50. The molecule has 0 aliphatic heterocycles. The van der Waals surface area contributed by atoms with Crippen LogP contribution in [0, 0.1) is 17.4 Å². The Hall–Kier alpha value is -1.73. The van der Waals surface area contributed by atoms with E-state index < -0.39 is 0 Å². The van der Waals surface area contributed by atoms with Crippen LogP contribution in [-0.4, -0.2) is 17.9 Å². The molecule has 0 fully saturated rings. The predicted octanol–water partition coefficient (Wildman–Crippen LogP) is 4.85. The summed E-state index contributed by atoms with van der Waals surface area (Å²) in [5.74, 6) is 0. The first-order chi connectivity index (χ1) is 11.6. The molecule has 1 aromatic heterocycles. The van der Waals surface area contributed by atoms with Crippen molar-refractivity contribution in [2.75, 3.05) is 7.05 Å². The molecule has 0 aliphatic carbocycles. The topological polar surface area (TPSA) is 29.6 Å². The smallest absolute Gasteiger partial charge is 0.205 e. The van der Waals surface area contributed by atoms with Crippen molar-refractivity contribution in [1.82, 2.24) is 4.68 Å². The van der Waals surface area contributed by atoms with Crippen molar-refractivity contribution in [3.8, 4) is 11.3 Å². The van der Waals surface area contributed by atoms with Crippen LogP contribution >= 0.6 is 33.9 Å². The monoisotopic (exact) mass is 447 g/mol. The van der Waals surface area contributed by atoms with Crippen LogP contribution < -0.4 is 4.80 Å². The second-order valence-electron chi connectivity index (χ2n) is 5.50. The Morgan fingerprint density at radius 2 is 1.88 bits per heavy atom. The molecule has 1 heterocycles. The van der Waals surface area contributed by atoms with Gasteiger partial charge in [-0.15, -0.1) is 11.3 Å². The normalized spacial score (nSPS) is 12.2. The summed E-state index contributed by atoms with van der Waals surface area (Å²) >= 11 is 3.93. The molecular formula is C19H18IN3S. The standard InChI is InChI=1S/C19H18IN3S/c1-13-8-9-15(10-14(13)2)18-12-24-19(21-3)23(18)22-11-16-6-4-5-7-17(16)20/h4-12H,1-3H3/b21-19?,22-11+. The summed E-state index contributed by atoms with van der Waals surface area (Å²) < 4.78 is 3.09. The minimum absolute atomic E-state index is 0.880. The average molecular weight is 447 g/mol. The lowest BCUT2D eigenvalue weighted by Crippen LogP contribution is -2.11. The summed E-state index contributed by atoms with van der Waals surface area (Å²) in [7, 11) is 1.80. The van der Waals surface area contributed by atoms with E-state index in [4.69, 9.17) is 5.10 Å². The van der Waals surface area contributed by atoms with Crippen LogP contribution in [0.15, 0.2) is 57.9 Å². The molecule has 5 heteroatoms. The Kier molecular flexibility index (Phi) is 5.30. The van der Waals surface area contributed by atoms with Crippen LogP contribution in [0.5, 0.6) is 0 Å². The molecular weight excluding hydrogens is 429 g/mol. The third kappa shape index (κ3) is 3.52. The van der Waals surface area contributed by atoms with Crippen LogP contribution in [0.1, 0.15) is 16.7 Å². The average Bonchev–Trinajstić information content (AvgIpc) is 2.99. The van der Waals surface area contributed by atoms with E-state index in [9.17, 15) is 0 Å². The summed E-state index contributed by atoms with van der Waals surface area (Å²) in [6.45, 7) is 4.26. The minimum Gasteiger partial charge on any atom is -0.261 e. The van der Waals surface area contributed by atoms with E-state index >= 15 is 0 Å². The number of aromatic nitrogens is 1. The molecule has 0 bridgehead atoms. The Balaban J connectivity index is 2.09. The molecule has 0 aliphatic rings. The Labute approximate surface area is 159 Å². The van der Waals surface area contributed by atoms with Gasteiger partial charge in [0.15, 0.2) is 0 Å². The third-order valence-electron chi connectivity index (χ3n) is 3.90. The number of nitrogens with zero attached hydrogens (tertiary/aromatic N) is 3. The molecule has 3 rings (SSSR count). The van der Waals surface area contributed by atoms with Crippen molar-refractivity contribution in [3.05, 3.63) is 72.9 Å². The van der Waals surface area contributed by atoms with E-state index in [0.717, 1.165) is 21.6 Å². The maximum Gasteiger partial charge on any atom is 0.205 e. The van der Waals surface area contributed by atoms with Crippen LogP contribution in [0.4, 0.5) is 0 Å². The fourth-order valence-electron chi connectivity index (χ4n) is 2.36. The Bertz CT molecular complexity index is 967. The van der Waals surface area contributed by atoms with Gasteiger partial charge in [-0.2, -0.15) is 5.10 Å². The van der Waals surface area contributed by atoms with Crippen LogP contribution in [0.25, 0.3) is 11.3 Å². The van der Waals surface area contributed by atoms with Crippen LogP contribution in [0.2, 0.25) is 0 Å². The SMILES string of the molecule is CN=c1scc(-c2ccc(C)c(C)c2)n1/N=C/c1ccccc1I. The van der Waals surface area contributed by atoms with E-state index in [1.165, 1.54) is 14.7 Å². The molecule has 0 radical (unpaired) electrons. The first-order valence-electron chi connectivity index (χ1n) is 7.60. The lowest BCUT2D eigenvalue weighted by Gasteiger charge is -2.06. The first-order valence-corrected chi connectivity index (χ1v) is 9.56. The van der Waals surface area contributed by atoms with Gasteiger partial charge in [-0.25, -0.2) is 4.68 Å². The molecule has 0 atom stereocenters. The van der Waals surface area contributed by atoms with Gasteiger partial charge in [-0.05, 0) is 59.7 Å². The van der Waals surface area contributed by atoms with Crippen molar-refractivity contribution in [2.24, 2.45) is 10.1 Å². The van der Waals surface area contributed by atoms with E-state index in [2.05, 4.69) is 77.1 Å². The lowest BCUT2D eigenvalue weighted by atomic mass is 10.1. The number of halogens is 1. The van der Waals surface area contributed by atoms with E-state index in [0.29, 0.717) is 0 Å². The van der Waals surface area contributed by atoms with Gasteiger partial charge in [-0.3, -0.25) is 4.99 Å². The van der Waals surface area contributed by atoms with Gasteiger partial charge in [0.1, 0.15) is 0 Å². The van der Waals surface area contributed by atoms with E-state index in [-0.39, 0.29) is 0 Å². The van der Waals surface area contributed by atoms with Gasteiger partial charge in [-0.1, -0.05) is 30.3 Å². The zero-order valence-electron chi connectivity index (χ0n) is 13.8. The first kappa shape index (κ1) is 17.1. The molecule has 3 aromatic rings. The number of benzene rings is 2. The quantitative estimate of drug-likeness (QED) is 0.406. The second kappa shape index (κ2) is 7.44. The third-order valence-corrected chi connectivity index (χ3v) is 5.79. The van der Waals surface area contributed by atoms with Gasteiger partial charge in [0.2, 0.25) is 4.80 Å². The highest BCUT2D eigenvalue weighted by Crippen LogP contribution is 2.23. The molecule has 0 saturated carbocycles. The van der Waals surface area contributed by atoms with Gasteiger partial charge in [0, 0.05) is 27.1 Å². The molecule has 122 valence electrons. The Morgan fingerprint density at radius 3 is 2.58 bits per heavy atom. The fourth-order valence-corrected chi connectivity index (χ4v) is 3.69. The zero-order chi connectivity index (χ0) is 17.1. The Morgan fingerprint density at radius 1 is 1.08 bits per heavy atom. The molecule has 0 unspecified atom stereocenters. The molecule has 0 amide bonds. The lowest BCUT2D eigenvalue weighted by molar-refractivity contribution is 0.848. The fraction of sp³-hybridized carbons (Fsp3) is 0.158. The summed E-state index contributed by atoms with van der Waals surface area (Å²) in [4.78, 5) is 5.24. The molecule has 2 aromatic carbocycles. The molecule has 0 saturated heterocycles. The van der Waals surface area contributed by atoms with Crippen molar-refractivity contribution in [1.29, 1.82) is 0 Å².